The molecule has 1 atom stereocenters. The Morgan fingerprint density at radius 3 is 2.80 bits per heavy atom. The zero-order valence-corrected chi connectivity index (χ0v) is 15.3. The van der Waals surface area contributed by atoms with E-state index in [1.807, 2.05) is 9.80 Å². The predicted octanol–water partition coefficient (Wildman–Crippen LogP) is 2.20. The van der Waals surface area contributed by atoms with Crippen LogP contribution in [-0.4, -0.2) is 59.4 Å². The molecular weight excluding hydrogens is 318 g/mol. The van der Waals surface area contributed by atoms with E-state index in [-0.39, 0.29) is 17.9 Å². The number of ether oxygens (including phenoxy) is 1. The molecule has 3 rings (SSSR count). The monoisotopic (exact) mass is 345 g/mol. The van der Waals surface area contributed by atoms with Crippen molar-refractivity contribution in [1.29, 1.82) is 0 Å². The van der Waals surface area contributed by atoms with Crippen LogP contribution in [-0.2, 0) is 4.79 Å². The standard InChI is InChI=1S/C19H27N3O3/c1-13(2)16-12-21(9-7-18(23)22(16)11-14-4-5-14)19(24)15-6-8-20-17(10-15)25-3/h6,8,10,13-14,16H,4-5,7,9,11-12H2,1-3H3/t16-/m1/s1. The van der Waals surface area contributed by atoms with Gasteiger partial charge in [0.05, 0.1) is 13.2 Å². The van der Waals surface area contributed by atoms with Gasteiger partial charge in [0, 0.05) is 43.9 Å². The number of pyridine rings is 1. The number of aromatic nitrogens is 1. The minimum absolute atomic E-state index is 0.0626. The Balaban J connectivity index is 1.79. The number of hydrogen-bond acceptors (Lipinski definition) is 4. The van der Waals surface area contributed by atoms with Crippen molar-refractivity contribution in [3.05, 3.63) is 23.9 Å². The van der Waals surface area contributed by atoms with E-state index in [1.54, 1.807) is 18.3 Å². The van der Waals surface area contributed by atoms with Crippen molar-refractivity contribution in [3.63, 3.8) is 0 Å². The second-order valence-electron chi connectivity index (χ2n) is 7.39. The summed E-state index contributed by atoms with van der Waals surface area (Å²) in [7, 11) is 1.53. The highest BCUT2D eigenvalue weighted by molar-refractivity contribution is 5.95. The molecule has 1 aromatic heterocycles. The highest BCUT2D eigenvalue weighted by Crippen LogP contribution is 2.32. The number of rotatable bonds is 5. The first-order valence-corrected chi connectivity index (χ1v) is 9.08. The van der Waals surface area contributed by atoms with Crippen LogP contribution in [0.3, 0.4) is 0 Å². The number of carbonyl (C=O) groups is 2. The zero-order valence-electron chi connectivity index (χ0n) is 15.3. The maximum absolute atomic E-state index is 12.9. The lowest BCUT2D eigenvalue weighted by Gasteiger charge is -2.34. The predicted molar refractivity (Wildman–Crippen MR) is 94.4 cm³/mol. The van der Waals surface area contributed by atoms with Crippen molar-refractivity contribution >= 4 is 11.8 Å². The van der Waals surface area contributed by atoms with Crippen molar-refractivity contribution in [2.45, 2.75) is 39.2 Å². The fourth-order valence-electron chi connectivity index (χ4n) is 3.38. The number of amides is 2. The average Bonchev–Trinajstić information content (AvgIpc) is 3.44. The molecule has 0 radical (unpaired) electrons. The third-order valence-electron chi connectivity index (χ3n) is 5.12. The summed E-state index contributed by atoms with van der Waals surface area (Å²) in [5.41, 5.74) is 0.553. The SMILES string of the molecule is COc1cc(C(=O)N2CCC(=O)N(CC3CC3)[C@@H](C(C)C)C2)ccn1. The lowest BCUT2D eigenvalue weighted by Crippen LogP contribution is -2.48. The van der Waals surface area contributed by atoms with E-state index in [4.69, 9.17) is 4.74 Å². The number of carbonyl (C=O) groups excluding carboxylic acids is 2. The van der Waals surface area contributed by atoms with Gasteiger partial charge in [-0.1, -0.05) is 13.8 Å². The van der Waals surface area contributed by atoms with Gasteiger partial charge in [0.2, 0.25) is 11.8 Å². The third kappa shape index (κ3) is 4.11. The van der Waals surface area contributed by atoms with Crippen molar-refractivity contribution in [2.24, 2.45) is 11.8 Å². The Bertz CT molecular complexity index is 643. The van der Waals surface area contributed by atoms with E-state index in [0.717, 1.165) is 6.54 Å². The van der Waals surface area contributed by atoms with E-state index >= 15 is 0 Å². The van der Waals surface area contributed by atoms with Crippen LogP contribution < -0.4 is 4.74 Å². The Hall–Kier alpha value is -2.11. The van der Waals surface area contributed by atoms with Crippen LogP contribution in [0.1, 0.15) is 43.5 Å². The molecule has 136 valence electrons. The molecule has 2 heterocycles. The first-order chi connectivity index (χ1) is 12.0. The van der Waals surface area contributed by atoms with Crippen molar-refractivity contribution in [3.8, 4) is 5.88 Å². The molecule has 0 aromatic carbocycles. The highest BCUT2D eigenvalue weighted by Gasteiger charge is 2.36. The van der Waals surface area contributed by atoms with E-state index in [9.17, 15) is 9.59 Å². The van der Waals surface area contributed by atoms with Crippen LogP contribution in [0.4, 0.5) is 0 Å². The van der Waals surface area contributed by atoms with Gasteiger partial charge in [-0.25, -0.2) is 4.98 Å². The van der Waals surface area contributed by atoms with Gasteiger partial charge in [-0.05, 0) is 30.7 Å². The Kier molecular flexibility index (Phi) is 5.25. The molecule has 2 amide bonds. The van der Waals surface area contributed by atoms with Gasteiger partial charge in [-0.15, -0.1) is 0 Å². The Morgan fingerprint density at radius 1 is 1.40 bits per heavy atom. The molecule has 1 saturated carbocycles. The largest absolute Gasteiger partial charge is 0.481 e. The van der Waals surface area contributed by atoms with E-state index < -0.39 is 0 Å². The summed E-state index contributed by atoms with van der Waals surface area (Å²) < 4.78 is 5.12. The molecule has 0 unspecified atom stereocenters. The summed E-state index contributed by atoms with van der Waals surface area (Å²) in [4.78, 5) is 33.5. The Labute approximate surface area is 149 Å². The van der Waals surface area contributed by atoms with Gasteiger partial charge in [-0.2, -0.15) is 0 Å². The first kappa shape index (κ1) is 17.7. The maximum Gasteiger partial charge on any atom is 0.254 e. The minimum atomic E-state index is -0.0626. The molecule has 6 heteroatoms. The highest BCUT2D eigenvalue weighted by atomic mass is 16.5. The van der Waals surface area contributed by atoms with Crippen LogP contribution in [0.5, 0.6) is 5.88 Å². The lowest BCUT2D eigenvalue weighted by atomic mass is 10.0. The van der Waals surface area contributed by atoms with Gasteiger partial charge in [0.25, 0.3) is 5.91 Å². The molecule has 1 aliphatic carbocycles. The average molecular weight is 345 g/mol. The Morgan fingerprint density at radius 2 is 2.16 bits per heavy atom. The molecule has 2 aliphatic rings. The van der Waals surface area contributed by atoms with Gasteiger partial charge >= 0.3 is 0 Å². The summed E-state index contributed by atoms with van der Waals surface area (Å²) in [6.45, 7) is 6.14. The number of methoxy groups -OCH3 is 1. The summed E-state index contributed by atoms with van der Waals surface area (Å²) in [6, 6.07) is 3.42. The molecule has 25 heavy (non-hydrogen) atoms. The molecule has 0 bridgehead atoms. The van der Waals surface area contributed by atoms with Gasteiger partial charge < -0.3 is 14.5 Å². The summed E-state index contributed by atoms with van der Waals surface area (Å²) in [6.07, 6.45) is 4.40. The molecule has 0 N–H and O–H groups in total. The van der Waals surface area contributed by atoms with Crippen molar-refractivity contribution < 1.29 is 14.3 Å². The molecule has 1 aliphatic heterocycles. The molecule has 1 aromatic rings. The van der Waals surface area contributed by atoms with Crippen molar-refractivity contribution in [1.82, 2.24) is 14.8 Å². The smallest absolute Gasteiger partial charge is 0.254 e. The van der Waals surface area contributed by atoms with Crippen LogP contribution in [0.25, 0.3) is 0 Å². The second-order valence-corrected chi connectivity index (χ2v) is 7.39. The minimum Gasteiger partial charge on any atom is -0.481 e. The quantitative estimate of drug-likeness (QED) is 0.821. The molecular formula is C19H27N3O3. The van der Waals surface area contributed by atoms with Crippen LogP contribution in [0, 0.1) is 11.8 Å². The van der Waals surface area contributed by atoms with Gasteiger partial charge in [-0.3, -0.25) is 9.59 Å². The van der Waals surface area contributed by atoms with Crippen LogP contribution in [0.2, 0.25) is 0 Å². The van der Waals surface area contributed by atoms with Crippen LogP contribution in [0.15, 0.2) is 18.3 Å². The van der Waals surface area contributed by atoms with Gasteiger partial charge in [0.1, 0.15) is 0 Å². The summed E-state index contributed by atoms with van der Waals surface area (Å²) in [5.74, 6) is 1.49. The number of nitrogens with zero attached hydrogens (tertiary/aromatic N) is 3. The second kappa shape index (κ2) is 7.42. The van der Waals surface area contributed by atoms with Crippen molar-refractivity contribution in [2.75, 3.05) is 26.7 Å². The fourth-order valence-corrected chi connectivity index (χ4v) is 3.38. The van der Waals surface area contributed by atoms with E-state index in [1.165, 1.54) is 20.0 Å². The van der Waals surface area contributed by atoms with Gasteiger partial charge in [0.15, 0.2) is 0 Å². The zero-order chi connectivity index (χ0) is 18.0. The molecule has 0 spiro atoms. The fraction of sp³-hybridized carbons (Fsp3) is 0.632. The topological polar surface area (TPSA) is 62.7 Å². The number of hydrogen-bond donors (Lipinski definition) is 0. The molecule has 1 saturated heterocycles. The van der Waals surface area contributed by atoms with E-state index in [0.29, 0.717) is 42.8 Å². The molecule has 2 fully saturated rings. The molecule has 6 nitrogen and oxygen atoms in total. The normalized spacial score (nSPS) is 21.4. The first-order valence-electron chi connectivity index (χ1n) is 9.08. The lowest BCUT2D eigenvalue weighted by molar-refractivity contribution is -0.133. The summed E-state index contributed by atoms with van der Waals surface area (Å²) >= 11 is 0. The maximum atomic E-state index is 12.9. The third-order valence-corrected chi connectivity index (χ3v) is 5.12. The van der Waals surface area contributed by atoms with E-state index in [2.05, 4.69) is 18.8 Å². The summed E-state index contributed by atoms with van der Waals surface area (Å²) in [5, 5.41) is 0. The van der Waals surface area contributed by atoms with Crippen LogP contribution >= 0.6 is 0 Å².